The van der Waals surface area contributed by atoms with Crippen LogP contribution in [0.5, 0.6) is 0 Å². The van der Waals surface area contributed by atoms with E-state index in [4.69, 9.17) is 0 Å². The first-order valence-corrected chi connectivity index (χ1v) is 35.2. The van der Waals surface area contributed by atoms with Crippen LogP contribution in [0.4, 0.5) is 51.2 Å². The number of hydrogen-bond donors (Lipinski definition) is 0. The molecule has 3 aromatic heterocycles. The van der Waals surface area contributed by atoms with Crippen LogP contribution in [0.3, 0.4) is 0 Å². The van der Waals surface area contributed by atoms with Crippen molar-refractivity contribution in [3.63, 3.8) is 0 Å². The maximum atomic E-state index is 2.71. The third-order valence-electron chi connectivity index (χ3n) is 20.3. The molecule has 438 valence electrons. The minimum absolute atomic E-state index is 0.0549. The predicted molar refractivity (Wildman–Crippen MR) is 403 cm³/mol. The number of aromatic nitrogens is 1. The highest BCUT2D eigenvalue weighted by Crippen LogP contribution is 2.52. The minimum Gasteiger partial charge on any atom is -0.315 e. The maximum Gasteiger partial charge on any atom is 0.264 e. The number of nitrogens with zero attached hydrogens (tertiary/aromatic N) is 4. The molecule has 0 aliphatic carbocycles. The van der Waals surface area contributed by atoms with Gasteiger partial charge >= 0.3 is 0 Å². The van der Waals surface area contributed by atoms with Crippen molar-refractivity contribution in [2.45, 2.75) is 26.2 Å². The Morgan fingerprint density at radius 1 is 0.387 bits per heavy atom. The molecular formula is C86H61BN4SSi. The largest absolute Gasteiger partial charge is 0.315 e. The van der Waals surface area contributed by atoms with E-state index >= 15 is 0 Å². The Kier molecular flexibility index (Phi) is 11.9. The van der Waals surface area contributed by atoms with Gasteiger partial charge in [-0.1, -0.05) is 239 Å². The fourth-order valence-electron chi connectivity index (χ4n) is 16.3. The van der Waals surface area contributed by atoms with Gasteiger partial charge in [0.2, 0.25) is 0 Å². The Bertz CT molecular complexity index is 5670. The van der Waals surface area contributed by atoms with Crippen LogP contribution in [0.25, 0.3) is 69.6 Å². The van der Waals surface area contributed by atoms with Gasteiger partial charge in [-0.2, -0.15) is 0 Å². The van der Waals surface area contributed by atoms with Crippen molar-refractivity contribution >= 4 is 183 Å². The summed E-state index contributed by atoms with van der Waals surface area (Å²) in [7, 11) is -3.29. The third-order valence-corrected chi connectivity index (χ3v) is 26.3. The quantitative estimate of drug-likeness (QED) is 0.0813. The highest BCUT2D eigenvalue weighted by Gasteiger charge is 2.49. The van der Waals surface area contributed by atoms with Crippen LogP contribution < -0.4 is 51.1 Å². The molecule has 5 heterocycles. The molecule has 93 heavy (non-hydrogen) atoms. The van der Waals surface area contributed by atoms with Crippen LogP contribution in [0.1, 0.15) is 26.3 Å². The lowest BCUT2D eigenvalue weighted by atomic mass is 9.36. The second-order valence-corrected chi connectivity index (χ2v) is 31.2. The van der Waals surface area contributed by atoms with Gasteiger partial charge in [0, 0.05) is 77.0 Å². The topological polar surface area (TPSA) is 14.1 Å². The van der Waals surface area contributed by atoms with Gasteiger partial charge in [0.05, 0.1) is 22.4 Å². The lowest BCUT2D eigenvalue weighted by Gasteiger charge is -2.45. The zero-order valence-corrected chi connectivity index (χ0v) is 53.6. The standard InChI is InChI=1S/C86H61BN4SSi/c1-86(2,3)57-43-45-60(46-44-57)90-78-52-65(93(62-30-13-6-14-31-62,63-32-15-7-16-33-63)64-34-17-8-18-35-64)53-79-82(78)87(85-84(90)73-54-71-68-38-21-19-36-66(68)67-37-20-22-39-69(67)72(71)55-80(73)92-85)74-48-47-61(89(58-26-9-4-10-27-58)59-28-11-5-12-29-59)51-77(74)91(79)76-42-24-41-75-81(76)70-40-23-25-56-49-50-88(75)83(56)70/h4-55H,1-3H3. The molecule has 0 N–H and O–H groups in total. The summed E-state index contributed by atoms with van der Waals surface area (Å²) in [5.74, 6) is 0. The molecule has 0 amide bonds. The molecular weight excluding hydrogens is 1160 g/mol. The fourth-order valence-corrected chi connectivity index (χ4v) is 22.4. The average molecular weight is 1220 g/mol. The molecule has 2 aliphatic rings. The number of para-hydroxylation sites is 3. The van der Waals surface area contributed by atoms with Gasteiger partial charge in [0.1, 0.15) is 0 Å². The van der Waals surface area contributed by atoms with Crippen LogP contribution in [-0.4, -0.2) is 19.2 Å². The Morgan fingerprint density at radius 3 is 1.51 bits per heavy atom. The molecule has 0 radical (unpaired) electrons. The zero-order valence-electron chi connectivity index (χ0n) is 51.8. The highest BCUT2D eigenvalue weighted by atomic mass is 32.1. The molecule has 0 saturated carbocycles. The first kappa shape index (κ1) is 53.8. The van der Waals surface area contributed by atoms with Gasteiger partial charge in [0.15, 0.2) is 8.07 Å². The molecule has 0 spiro atoms. The van der Waals surface area contributed by atoms with E-state index in [1.165, 1.54) is 129 Å². The van der Waals surface area contributed by atoms with E-state index in [0.717, 1.165) is 34.1 Å². The molecule has 2 aliphatic heterocycles. The summed E-state index contributed by atoms with van der Waals surface area (Å²) in [5, 5.41) is 17.9. The summed E-state index contributed by atoms with van der Waals surface area (Å²) < 4.78 is 5.03. The highest BCUT2D eigenvalue weighted by molar-refractivity contribution is 7.34. The number of fused-ring (bicyclic) bond motifs is 15. The number of anilines is 9. The normalized spacial score (nSPS) is 13.0. The van der Waals surface area contributed by atoms with Crippen LogP contribution >= 0.6 is 11.3 Å². The van der Waals surface area contributed by atoms with E-state index in [9.17, 15) is 0 Å². The predicted octanol–water partition coefficient (Wildman–Crippen LogP) is 18.6. The molecule has 17 aromatic rings. The van der Waals surface area contributed by atoms with Crippen molar-refractivity contribution in [3.05, 3.63) is 321 Å². The van der Waals surface area contributed by atoms with Crippen LogP contribution in [-0.2, 0) is 5.41 Å². The number of rotatable bonds is 9. The average Bonchev–Trinajstić information content (AvgIpc) is 1.58. The smallest absolute Gasteiger partial charge is 0.264 e. The maximum absolute atomic E-state index is 3.29. The fraction of sp³-hybridized carbons (Fsp3) is 0.0465. The molecule has 0 unspecified atom stereocenters. The SMILES string of the molecule is CC(C)(C)c1ccc(N2c3cc([Si](c4ccccc4)(c4ccccc4)c4ccccc4)cc4c3B(c3ccc(N(c5ccccc5)c5ccccc5)cc3N4c3cccc4c3c3cccc5ccn4c53)c3sc4cc5c6ccccc6c6ccccc6c5cc4c32)cc1. The number of benzene rings is 14. The molecule has 4 nitrogen and oxygen atoms in total. The Balaban J connectivity index is 1.01. The van der Waals surface area contributed by atoms with E-state index < -0.39 is 8.07 Å². The van der Waals surface area contributed by atoms with Crippen molar-refractivity contribution in [1.82, 2.24) is 4.40 Å². The Hall–Kier alpha value is -11.0. The Labute approximate surface area is 546 Å². The molecule has 7 heteroatoms. The summed E-state index contributed by atoms with van der Waals surface area (Å²) in [6, 6.07) is 118. The van der Waals surface area contributed by atoms with E-state index in [0.29, 0.717) is 0 Å². The van der Waals surface area contributed by atoms with Crippen molar-refractivity contribution < 1.29 is 0 Å². The second kappa shape index (κ2) is 20.5. The summed E-state index contributed by atoms with van der Waals surface area (Å²) in [5.41, 5.74) is 16.6. The summed E-state index contributed by atoms with van der Waals surface area (Å²) in [6.07, 6.45) is 2.27. The molecule has 0 saturated heterocycles. The molecule has 0 bridgehead atoms. The first-order chi connectivity index (χ1) is 45.8. The second-order valence-electron chi connectivity index (χ2n) is 26.3. The van der Waals surface area contributed by atoms with Crippen LogP contribution in [0.15, 0.2) is 316 Å². The van der Waals surface area contributed by atoms with Crippen LogP contribution in [0.2, 0.25) is 0 Å². The molecule has 0 atom stereocenters. The van der Waals surface area contributed by atoms with E-state index in [2.05, 4.69) is 355 Å². The number of thiophene rings is 1. The van der Waals surface area contributed by atoms with Gasteiger partial charge in [-0.15, -0.1) is 11.3 Å². The van der Waals surface area contributed by atoms with Gasteiger partial charge in [-0.3, -0.25) is 0 Å². The van der Waals surface area contributed by atoms with Gasteiger partial charge in [-0.25, -0.2) is 0 Å². The first-order valence-electron chi connectivity index (χ1n) is 32.4. The van der Waals surface area contributed by atoms with Crippen molar-refractivity contribution in [2.24, 2.45) is 0 Å². The minimum atomic E-state index is -3.29. The lowest BCUT2D eigenvalue weighted by Crippen LogP contribution is -2.75. The van der Waals surface area contributed by atoms with E-state index in [-0.39, 0.29) is 12.1 Å². The molecule has 0 fully saturated rings. The lowest BCUT2D eigenvalue weighted by molar-refractivity contribution is 0.590. The van der Waals surface area contributed by atoms with Gasteiger partial charge in [0.25, 0.3) is 6.71 Å². The van der Waals surface area contributed by atoms with Gasteiger partial charge in [-0.05, 0) is 166 Å². The van der Waals surface area contributed by atoms with Gasteiger partial charge < -0.3 is 19.1 Å². The van der Waals surface area contributed by atoms with Crippen molar-refractivity contribution in [3.8, 4) is 0 Å². The third kappa shape index (κ3) is 7.91. The molecule has 19 rings (SSSR count). The van der Waals surface area contributed by atoms with Crippen molar-refractivity contribution in [1.29, 1.82) is 0 Å². The zero-order chi connectivity index (χ0) is 61.7. The molecule has 14 aromatic carbocycles. The summed E-state index contributed by atoms with van der Waals surface area (Å²) >= 11 is 1.98. The number of hydrogen-bond acceptors (Lipinski definition) is 4. The van der Waals surface area contributed by atoms with Crippen LogP contribution in [0, 0.1) is 0 Å². The Morgan fingerprint density at radius 2 is 0.914 bits per heavy atom. The summed E-state index contributed by atoms with van der Waals surface area (Å²) in [6.45, 7) is 6.81. The van der Waals surface area contributed by atoms with Crippen molar-refractivity contribution in [2.75, 3.05) is 14.7 Å². The van der Waals surface area contributed by atoms with E-state index in [1.54, 1.807) is 0 Å². The summed E-state index contributed by atoms with van der Waals surface area (Å²) in [4.78, 5) is 7.85. The van der Waals surface area contributed by atoms with E-state index in [1.807, 2.05) is 11.3 Å². The monoisotopic (exact) mass is 1220 g/mol.